The molecule has 5 unspecified atom stereocenters. The van der Waals surface area contributed by atoms with Gasteiger partial charge in [0, 0.05) is 0 Å². The van der Waals surface area contributed by atoms with Gasteiger partial charge in [0.1, 0.15) is 0 Å². The standard InChI is InChI=1S/C31H54O/c1-20(2)21(3)9-10-22(4)23-13-15-29(8)25-12-11-24-27(5,6)26(32)14-16-30(24)19-31(25,30)18-17-28(23,29)7/h20-26,32H,9-19H2,1-8H3/t21?,22?,23?,24?,25?,26-,28+,29-,30+,31-/m0/s1. The molecule has 0 amide bonds. The van der Waals surface area contributed by atoms with E-state index in [1.54, 1.807) is 0 Å². The van der Waals surface area contributed by atoms with Gasteiger partial charge in [-0.1, -0.05) is 68.2 Å². The minimum atomic E-state index is -0.0818. The van der Waals surface area contributed by atoms with Crippen molar-refractivity contribution >= 4 is 0 Å². The first-order valence-electron chi connectivity index (χ1n) is 14.5. The Morgan fingerprint density at radius 1 is 0.719 bits per heavy atom. The summed E-state index contributed by atoms with van der Waals surface area (Å²) in [7, 11) is 0. The normalized spacial score (nSPS) is 53.1. The largest absolute Gasteiger partial charge is 0.393 e. The quantitative estimate of drug-likeness (QED) is 0.452. The van der Waals surface area contributed by atoms with Crippen molar-refractivity contribution in [3.63, 3.8) is 0 Å². The number of rotatable bonds is 5. The van der Waals surface area contributed by atoms with Crippen LogP contribution in [-0.4, -0.2) is 11.2 Å². The third kappa shape index (κ3) is 2.79. The molecule has 5 rings (SSSR count). The van der Waals surface area contributed by atoms with Gasteiger partial charge in [-0.15, -0.1) is 0 Å². The molecule has 0 aliphatic heterocycles. The van der Waals surface area contributed by atoms with E-state index in [9.17, 15) is 5.11 Å². The summed E-state index contributed by atoms with van der Waals surface area (Å²) in [6, 6.07) is 0. The van der Waals surface area contributed by atoms with Crippen LogP contribution in [0.15, 0.2) is 0 Å². The van der Waals surface area contributed by atoms with E-state index in [2.05, 4.69) is 55.4 Å². The number of hydrogen-bond acceptors (Lipinski definition) is 1. The molecule has 0 aromatic carbocycles. The second-order valence-electron chi connectivity index (χ2n) is 15.3. The van der Waals surface area contributed by atoms with Gasteiger partial charge in [0.2, 0.25) is 0 Å². The summed E-state index contributed by atoms with van der Waals surface area (Å²) in [6.45, 7) is 20.2. The van der Waals surface area contributed by atoms with Gasteiger partial charge in [0.25, 0.3) is 0 Å². The van der Waals surface area contributed by atoms with Gasteiger partial charge in [0.05, 0.1) is 6.10 Å². The fraction of sp³-hybridized carbons (Fsp3) is 1.00. The molecule has 5 aliphatic rings. The number of fused-ring (bicyclic) bond motifs is 2. The van der Waals surface area contributed by atoms with E-state index in [1.165, 1.54) is 64.2 Å². The van der Waals surface area contributed by atoms with Crippen LogP contribution in [0.25, 0.3) is 0 Å². The molecule has 0 heterocycles. The van der Waals surface area contributed by atoms with Crippen LogP contribution in [0.3, 0.4) is 0 Å². The average Bonchev–Trinajstić information content (AvgIpc) is 3.31. The molecule has 0 bridgehead atoms. The Labute approximate surface area is 199 Å². The molecule has 0 aromatic heterocycles. The molecule has 184 valence electrons. The molecule has 5 fully saturated rings. The first-order valence-corrected chi connectivity index (χ1v) is 14.5. The zero-order valence-electron chi connectivity index (χ0n) is 22.8. The summed E-state index contributed by atoms with van der Waals surface area (Å²) in [5.41, 5.74) is 2.42. The van der Waals surface area contributed by atoms with Crippen molar-refractivity contribution in [1.82, 2.24) is 0 Å². The maximum Gasteiger partial charge on any atom is 0.0594 e. The van der Waals surface area contributed by atoms with Crippen molar-refractivity contribution in [2.24, 2.45) is 62.6 Å². The van der Waals surface area contributed by atoms with Crippen LogP contribution in [0.2, 0.25) is 0 Å². The smallest absolute Gasteiger partial charge is 0.0594 e. The Kier molecular flexibility index (Phi) is 5.36. The van der Waals surface area contributed by atoms with Crippen molar-refractivity contribution < 1.29 is 5.11 Å². The molecule has 32 heavy (non-hydrogen) atoms. The first kappa shape index (κ1) is 23.7. The molecule has 1 N–H and O–H groups in total. The summed E-state index contributed by atoms with van der Waals surface area (Å²) >= 11 is 0. The Balaban J connectivity index is 1.38. The zero-order chi connectivity index (χ0) is 23.3. The molecule has 1 heteroatoms. The minimum absolute atomic E-state index is 0.0818. The van der Waals surface area contributed by atoms with Crippen molar-refractivity contribution in [2.45, 2.75) is 132 Å². The van der Waals surface area contributed by atoms with Crippen LogP contribution in [-0.2, 0) is 0 Å². The maximum atomic E-state index is 10.9. The SMILES string of the molecule is CC(C)C(C)CCC(C)C1CC[C@@]2(C)C3CCC4C(C)(C)[C@@H](O)CC[C@@]45C[C@@]35CC[C@]12C. The summed E-state index contributed by atoms with van der Waals surface area (Å²) < 4.78 is 0. The fourth-order valence-electron chi connectivity index (χ4n) is 11.4. The fourth-order valence-corrected chi connectivity index (χ4v) is 11.4. The van der Waals surface area contributed by atoms with Crippen LogP contribution in [0.5, 0.6) is 0 Å². The van der Waals surface area contributed by atoms with Gasteiger partial charge in [-0.25, -0.2) is 0 Å². The summed E-state index contributed by atoms with van der Waals surface area (Å²) in [6.07, 6.45) is 15.4. The molecule has 5 aliphatic carbocycles. The zero-order valence-corrected chi connectivity index (χ0v) is 22.8. The molecule has 0 aromatic rings. The monoisotopic (exact) mass is 442 g/mol. The van der Waals surface area contributed by atoms with Crippen molar-refractivity contribution in [3.05, 3.63) is 0 Å². The van der Waals surface area contributed by atoms with Gasteiger partial charge in [-0.2, -0.15) is 0 Å². The second kappa shape index (κ2) is 7.24. The lowest BCUT2D eigenvalue weighted by Gasteiger charge is -2.63. The highest BCUT2D eigenvalue weighted by atomic mass is 16.3. The molecule has 0 saturated heterocycles. The van der Waals surface area contributed by atoms with E-state index in [0.29, 0.717) is 21.7 Å². The van der Waals surface area contributed by atoms with Crippen LogP contribution in [0.4, 0.5) is 0 Å². The maximum absolute atomic E-state index is 10.9. The Morgan fingerprint density at radius 2 is 1.38 bits per heavy atom. The third-order valence-electron chi connectivity index (χ3n) is 14.1. The van der Waals surface area contributed by atoms with E-state index in [-0.39, 0.29) is 11.5 Å². The van der Waals surface area contributed by atoms with Crippen molar-refractivity contribution in [1.29, 1.82) is 0 Å². The van der Waals surface area contributed by atoms with Crippen molar-refractivity contribution in [3.8, 4) is 0 Å². The van der Waals surface area contributed by atoms with Gasteiger partial charge in [0.15, 0.2) is 0 Å². The number of hydrogen-bond donors (Lipinski definition) is 1. The Bertz CT molecular complexity index is 739. The van der Waals surface area contributed by atoms with Gasteiger partial charge in [-0.05, 0) is 120 Å². The average molecular weight is 443 g/mol. The highest BCUT2D eigenvalue weighted by Gasteiger charge is 2.82. The van der Waals surface area contributed by atoms with Gasteiger partial charge in [-0.3, -0.25) is 0 Å². The molecule has 10 atom stereocenters. The molecule has 5 saturated carbocycles. The van der Waals surface area contributed by atoms with E-state index < -0.39 is 0 Å². The van der Waals surface area contributed by atoms with Gasteiger partial charge < -0.3 is 5.11 Å². The predicted molar refractivity (Wildman–Crippen MR) is 135 cm³/mol. The number of aliphatic hydroxyl groups excluding tert-OH is 1. The summed E-state index contributed by atoms with van der Waals surface area (Å²) in [5, 5.41) is 10.9. The van der Waals surface area contributed by atoms with E-state index in [4.69, 9.17) is 0 Å². The summed E-state index contributed by atoms with van der Waals surface area (Å²) in [4.78, 5) is 0. The lowest BCUT2D eigenvalue weighted by molar-refractivity contribution is -0.161. The predicted octanol–water partition coefficient (Wildman–Crippen LogP) is 8.49. The first-order chi connectivity index (χ1) is 14.9. The van der Waals surface area contributed by atoms with Crippen molar-refractivity contribution in [2.75, 3.05) is 0 Å². The summed E-state index contributed by atoms with van der Waals surface area (Å²) in [5.74, 6) is 5.20. The Morgan fingerprint density at radius 3 is 2.06 bits per heavy atom. The lowest BCUT2D eigenvalue weighted by Crippen LogP contribution is -2.57. The van der Waals surface area contributed by atoms with Crippen LogP contribution in [0, 0.1) is 62.6 Å². The van der Waals surface area contributed by atoms with E-state index in [1.807, 2.05) is 0 Å². The minimum Gasteiger partial charge on any atom is -0.393 e. The van der Waals surface area contributed by atoms with Crippen LogP contribution < -0.4 is 0 Å². The Hall–Kier alpha value is -0.0400. The number of aliphatic hydroxyl groups is 1. The third-order valence-corrected chi connectivity index (χ3v) is 14.1. The molecule has 2 spiro atoms. The molecule has 0 radical (unpaired) electrons. The topological polar surface area (TPSA) is 20.2 Å². The van der Waals surface area contributed by atoms with Crippen LogP contribution in [0.1, 0.15) is 126 Å². The lowest BCUT2D eigenvalue weighted by atomic mass is 9.41. The molecular weight excluding hydrogens is 388 g/mol. The molecular formula is C31H54O. The van der Waals surface area contributed by atoms with Crippen LogP contribution >= 0.6 is 0 Å². The van der Waals surface area contributed by atoms with E-state index in [0.717, 1.165) is 41.9 Å². The highest BCUT2D eigenvalue weighted by Crippen LogP contribution is 2.89. The van der Waals surface area contributed by atoms with E-state index >= 15 is 0 Å². The highest BCUT2D eigenvalue weighted by molar-refractivity contribution is 5.30. The van der Waals surface area contributed by atoms with Gasteiger partial charge >= 0.3 is 0 Å². The second-order valence-corrected chi connectivity index (χ2v) is 15.3. The molecule has 1 nitrogen and oxygen atoms in total.